The molecule has 23 heavy (non-hydrogen) atoms. The van der Waals surface area contributed by atoms with E-state index in [1.54, 1.807) is 6.07 Å². The lowest BCUT2D eigenvalue weighted by atomic mass is 9.81. The van der Waals surface area contributed by atoms with Crippen LogP contribution in [0.3, 0.4) is 0 Å². The lowest BCUT2D eigenvalue weighted by Crippen LogP contribution is -2.31. The van der Waals surface area contributed by atoms with Crippen molar-refractivity contribution >= 4 is 17.6 Å². The van der Waals surface area contributed by atoms with Gasteiger partial charge in [0.05, 0.1) is 11.6 Å². The van der Waals surface area contributed by atoms with Gasteiger partial charge in [0, 0.05) is 5.92 Å². The molecule has 0 aliphatic heterocycles. The molecule has 0 heterocycles. The highest BCUT2D eigenvalue weighted by Gasteiger charge is 2.31. The third kappa shape index (κ3) is 4.98. The van der Waals surface area contributed by atoms with Gasteiger partial charge in [-0.1, -0.05) is 18.6 Å². The molecule has 5 nitrogen and oxygen atoms in total. The molecular weight excluding hydrogens is 294 g/mol. The number of hydrogen-bond acceptors (Lipinski definition) is 3. The summed E-state index contributed by atoms with van der Waals surface area (Å²) in [6.07, 6.45) is 2.57. The zero-order valence-electron chi connectivity index (χ0n) is 14.0. The van der Waals surface area contributed by atoms with Crippen molar-refractivity contribution in [2.75, 3.05) is 5.32 Å². The molecule has 0 radical (unpaired) electrons. The second-order valence-electron chi connectivity index (χ2n) is 7.10. The highest BCUT2D eigenvalue weighted by Crippen LogP contribution is 2.32. The number of carbonyl (C=O) groups is 2. The van der Waals surface area contributed by atoms with Gasteiger partial charge in [-0.2, -0.15) is 0 Å². The summed E-state index contributed by atoms with van der Waals surface area (Å²) in [4.78, 5) is 23.6. The SMILES string of the molecule is CC(C)(C)Oc1ccccc1NC(=O)C1CCCC(C(=O)O)C1. The third-order valence-electron chi connectivity index (χ3n) is 3.96. The van der Waals surface area contributed by atoms with Crippen molar-refractivity contribution in [3.63, 3.8) is 0 Å². The number of hydrogen-bond donors (Lipinski definition) is 2. The fourth-order valence-electron chi connectivity index (χ4n) is 2.88. The number of ether oxygens (including phenoxy) is 1. The Bertz CT molecular complexity index is 577. The molecule has 0 saturated heterocycles. The summed E-state index contributed by atoms with van der Waals surface area (Å²) < 4.78 is 5.87. The molecule has 2 N–H and O–H groups in total. The molecule has 1 fully saturated rings. The average molecular weight is 319 g/mol. The van der Waals surface area contributed by atoms with Gasteiger partial charge < -0.3 is 15.2 Å². The molecule has 5 heteroatoms. The van der Waals surface area contributed by atoms with Gasteiger partial charge in [0.2, 0.25) is 5.91 Å². The molecule has 0 bridgehead atoms. The topological polar surface area (TPSA) is 75.6 Å². The predicted octanol–water partition coefficient (Wildman–Crippen LogP) is 3.69. The Morgan fingerprint density at radius 3 is 2.48 bits per heavy atom. The van der Waals surface area contributed by atoms with E-state index in [-0.39, 0.29) is 17.4 Å². The summed E-state index contributed by atoms with van der Waals surface area (Å²) >= 11 is 0. The molecule has 1 aliphatic carbocycles. The number of anilines is 1. The molecule has 2 unspecified atom stereocenters. The van der Waals surface area contributed by atoms with Gasteiger partial charge in [0.1, 0.15) is 11.4 Å². The molecule has 2 atom stereocenters. The van der Waals surface area contributed by atoms with Crippen molar-refractivity contribution < 1.29 is 19.4 Å². The number of carboxylic acids is 1. The van der Waals surface area contributed by atoms with Gasteiger partial charge in [0.15, 0.2) is 0 Å². The maximum atomic E-state index is 12.5. The molecule has 1 saturated carbocycles. The summed E-state index contributed by atoms with van der Waals surface area (Å²) in [5.41, 5.74) is 0.268. The highest BCUT2D eigenvalue weighted by molar-refractivity contribution is 5.94. The highest BCUT2D eigenvalue weighted by atomic mass is 16.5. The van der Waals surface area contributed by atoms with Gasteiger partial charge in [-0.25, -0.2) is 0 Å². The standard InChI is InChI=1S/C18H25NO4/c1-18(2,3)23-15-10-5-4-9-14(15)19-16(20)12-7-6-8-13(11-12)17(21)22/h4-5,9-10,12-13H,6-8,11H2,1-3H3,(H,19,20)(H,21,22). The van der Waals surface area contributed by atoms with E-state index in [9.17, 15) is 9.59 Å². The summed E-state index contributed by atoms with van der Waals surface area (Å²) in [6, 6.07) is 7.32. The average Bonchev–Trinajstić information content (AvgIpc) is 2.48. The maximum Gasteiger partial charge on any atom is 0.306 e. The van der Waals surface area contributed by atoms with Gasteiger partial charge in [-0.3, -0.25) is 9.59 Å². The summed E-state index contributed by atoms with van der Waals surface area (Å²) in [5, 5.41) is 12.1. The van der Waals surface area contributed by atoms with E-state index in [1.165, 1.54) is 0 Å². The van der Waals surface area contributed by atoms with E-state index in [1.807, 2.05) is 39.0 Å². The van der Waals surface area contributed by atoms with E-state index in [2.05, 4.69) is 5.32 Å². The second kappa shape index (κ2) is 7.02. The van der Waals surface area contributed by atoms with Crippen molar-refractivity contribution in [1.82, 2.24) is 0 Å². The van der Waals surface area contributed by atoms with Gasteiger partial charge in [0.25, 0.3) is 0 Å². The molecule has 0 aromatic heterocycles. The van der Waals surface area contributed by atoms with Crippen LogP contribution < -0.4 is 10.1 Å². The maximum absolute atomic E-state index is 12.5. The first-order valence-corrected chi connectivity index (χ1v) is 8.08. The minimum Gasteiger partial charge on any atom is -0.486 e. The van der Waals surface area contributed by atoms with Gasteiger partial charge >= 0.3 is 5.97 Å². The number of aliphatic carboxylic acids is 1. The summed E-state index contributed by atoms with van der Waals surface area (Å²) in [5.74, 6) is -0.980. The van der Waals surface area contributed by atoms with E-state index < -0.39 is 11.9 Å². The Hall–Kier alpha value is -2.04. The molecule has 1 aliphatic rings. The van der Waals surface area contributed by atoms with Crippen LogP contribution in [-0.4, -0.2) is 22.6 Å². The Labute approximate surface area is 137 Å². The first-order chi connectivity index (χ1) is 10.8. The summed E-state index contributed by atoms with van der Waals surface area (Å²) in [7, 11) is 0. The predicted molar refractivity (Wildman–Crippen MR) is 88.5 cm³/mol. The Kier molecular flexibility index (Phi) is 5.29. The Morgan fingerprint density at radius 1 is 1.17 bits per heavy atom. The van der Waals surface area contributed by atoms with Crippen LogP contribution in [0.15, 0.2) is 24.3 Å². The molecule has 126 valence electrons. The van der Waals surface area contributed by atoms with Crippen LogP contribution in [0.4, 0.5) is 5.69 Å². The molecular formula is C18H25NO4. The van der Waals surface area contributed by atoms with Gasteiger partial charge in [-0.15, -0.1) is 0 Å². The molecule has 1 amide bonds. The zero-order chi connectivity index (χ0) is 17.0. The van der Waals surface area contributed by atoms with Crippen molar-refractivity contribution in [2.24, 2.45) is 11.8 Å². The Morgan fingerprint density at radius 2 is 1.83 bits per heavy atom. The van der Waals surface area contributed by atoms with Crippen LogP contribution in [0.5, 0.6) is 5.75 Å². The van der Waals surface area contributed by atoms with Crippen molar-refractivity contribution in [2.45, 2.75) is 52.1 Å². The van der Waals surface area contributed by atoms with E-state index in [0.717, 1.165) is 12.8 Å². The lowest BCUT2D eigenvalue weighted by molar-refractivity contribution is -0.143. The van der Waals surface area contributed by atoms with Crippen LogP contribution in [0.1, 0.15) is 46.5 Å². The number of benzene rings is 1. The van der Waals surface area contributed by atoms with E-state index >= 15 is 0 Å². The molecule has 1 aromatic rings. The van der Waals surface area contributed by atoms with Crippen LogP contribution in [-0.2, 0) is 9.59 Å². The minimum atomic E-state index is -0.807. The van der Waals surface area contributed by atoms with Crippen molar-refractivity contribution in [1.29, 1.82) is 0 Å². The number of carbonyl (C=O) groups excluding carboxylic acids is 1. The van der Waals surface area contributed by atoms with Crippen LogP contribution in [0.2, 0.25) is 0 Å². The van der Waals surface area contributed by atoms with Crippen molar-refractivity contribution in [3.8, 4) is 5.75 Å². The second-order valence-corrected chi connectivity index (χ2v) is 7.10. The minimum absolute atomic E-state index is 0.124. The van der Waals surface area contributed by atoms with Crippen LogP contribution >= 0.6 is 0 Å². The quantitative estimate of drug-likeness (QED) is 0.887. The number of amides is 1. The molecule has 2 rings (SSSR count). The lowest BCUT2D eigenvalue weighted by Gasteiger charge is -2.27. The first kappa shape index (κ1) is 17.3. The van der Waals surface area contributed by atoms with Gasteiger partial charge in [-0.05, 0) is 52.2 Å². The fraction of sp³-hybridized carbons (Fsp3) is 0.556. The smallest absolute Gasteiger partial charge is 0.306 e. The Balaban J connectivity index is 2.07. The third-order valence-corrected chi connectivity index (χ3v) is 3.96. The molecule has 1 aromatic carbocycles. The number of carboxylic acid groups (broad SMARTS) is 1. The number of nitrogens with one attached hydrogen (secondary N) is 1. The number of para-hydroxylation sites is 2. The monoisotopic (exact) mass is 319 g/mol. The van der Waals surface area contributed by atoms with Crippen molar-refractivity contribution in [3.05, 3.63) is 24.3 Å². The summed E-state index contributed by atoms with van der Waals surface area (Å²) in [6.45, 7) is 5.85. The number of rotatable bonds is 4. The normalized spacial score (nSPS) is 21.5. The first-order valence-electron chi connectivity index (χ1n) is 8.08. The largest absolute Gasteiger partial charge is 0.486 e. The fourth-order valence-corrected chi connectivity index (χ4v) is 2.88. The van der Waals surface area contributed by atoms with E-state index in [4.69, 9.17) is 9.84 Å². The van der Waals surface area contributed by atoms with E-state index in [0.29, 0.717) is 24.3 Å². The zero-order valence-corrected chi connectivity index (χ0v) is 14.0. The van der Waals surface area contributed by atoms with Crippen LogP contribution in [0.25, 0.3) is 0 Å². The van der Waals surface area contributed by atoms with Crippen LogP contribution in [0, 0.1) is 11.8 Å². The molecule has 0 spiro atoms.